The summed E-state index contributed by atoms with van der Waals surface area (Å²) in [5.74, 6) is 0.519. The summed E-state index contributed by atoms with van der Waals surface area (Å²) < 4.78 is 0. The number of aliphatic imine (C=N–C) groups is 1. The van der Waals surface area contributed by atoms with Gasteiger partial charge in [-0.1, -0.05) is 60.7 Å². The third-order valence-corrected chi connectivity index (χ3v) is 4.62. The largest absolute Gasteiger partial charge is 0.378 e. The van der Waals surface area contributed by atoms with Crippen LogP contribution in [0.1, 0.15) is 11.1 Å². The summed E-state index contributed by atoms with van der Waals surface area (Å²) in [5.41, 5.74) is 4.17. The second-order valence-electron chi connectivity index (χ2n) is 6.79. The summed E-state index contributed by atoms with van der Waals surface area (Å²) in [5, 5.41) is 0. The fraction of sp³-hybridized carbons (Fsp3) is 0.0833. The van der Waals surface area contributed by atoms with Crippen LogP contribution >= 0.6 is 0 Å². The van der Waals surface area contributed by atoms with Crippen LogP contribution in [0.3, 0.4) is 0 Å². The summed E-state index contributed by atoms with van der Waals surface area (Å²) in [6, 6.07) is 27.5. The maximum Gasteiger partial charge on any atom is 0.282 e. The predicted molar refractivity (Wildman–Crippen MR) is 116 cm³/mol. The molecule has 1 amide bonds. The highest BCUT2D eigenvalue weighted by Gasteiger charge is 2.32. The van der Waals surface area contributed by atoms with Crippen LogP contribution in [0.25, 0.3) is 6.08 Å². The van der Waals surface area contributed by atoms with Crippen LogP contribution in [0.2, 0.25) is 0 Å². The highest BCUT2D eigenvalue weighted by atomic mass is 16.2. The second kappa shape index (κ2) is 7.53. The molecule has 0 saturated carbocycles. The molecule has 138 valence electrons. The van der Waals surface area contributed by atoms with Gasteiger partial charge in [-0.25, -0.2) is 4.99 Å². The first-order valence-corrected chi connectivity index (χ1v) is 9.16. The normalized spacial score (nSPS) is 15.1. The Balaban J connectivity index is 1.79. The molecule has 4 rings (SSSR count). The number of hydrogen-bond donors (Lipinski definition) is 0. The number of benzene rings is 3. The minimum Gasteiger partial charge on any atom is -0.378 e. The van der Waals surface area contributed by atoms with Crippen molar-refractivity contribution in [1.82, 2.24) is 0 Å². The van der Waals surface area contributed by atoms with Crippen molar-refractivity contribution in [1.29, 1.82) is 0 Å². The molecule has 0 atom stereocenters. The van der Waals surface area contributed by atoms with Crippen LogP contribution in [-0.4, -0.2) is 25.8 Å². The van der Waals surface area contributed by atoms with Crippen molar-refractivity contribution >= 4 is 29.2 Å². The number of amidine groups is 1. The summed E-state index contributed by atoms with van der Waals surface area (Å²) >= 11 is 0. The number of carbonyl (C=O) groups is 1. The Morgan fingerprint density at radius 3 is 2.04 bits per heavy atom. The summed E-state index contributed by atoms with van der Waals surface area (Å²) in [7, 11) is 3.99. The first-order chi connectivity index (χ1) is 13.6. The van der Waals surface area contributed by atoms with Gasteiger partial charge in [-0.2, -0.15) is 0 Å². The van der Waals surface area contributed by atoms with E-state index in [9.17, 15) is 4.79 Å². The highest BCUT2D eigenvalue weighted by molar-refractivity contribution is 6.33. The summed E-state index contributed by atoms with van der Waals surface area (Å²) in [6.45, 7) is 0. The Kier molecular flexibility index (Phi) is 4.77. The number of amides is 1. The van der Waals surface area contributed by atoms with Gasteiger partial charge in [0.05, 0.1) is 5.69 Å². The zero-order valence-electron chi connectivity index (χ0n) is 15.9. The van der Waals surface area contributed by atoms with Crippen molar-refractivity contribution in [3.63, 3.8) is 0 Å². The molecule has 0 aliphatic carbocycles. The van der Waals surface area contributed by atoms with E-state index >= 15 is 0 Å². The molecule has 0 fully saturated rings. The zero-order chi connectivity index (χ0) is 19.5. The molecule has 3 aromatic rings. The summed E-state index contributed by atoms with van der Waals surface area (Å²) in [4.78, 5) is 21.7. The van der Waals surface area contributed by atoms with Gasteiger partial charge in [-0.3, -0.25) is 9.69 Å². The van der Waals surface area contributed by atoms with Gasteiger partial charge in [0.1, 0.15) is 11.5 Å². The molecule has 3 aromatic carbocycles. The lowest BCUT2D eigenvalue weighted by Crippen LogP contribution is -2.32. The molecule has 1 aliphatic heterocycles. The molecule has 0 unspecified atom stereocenters. The SMILES string of the molecule is CN(C)c1ccc(N2C(=O)/C(=C/c3ccccc3)N=C2c2ccccc2)cc1. The second-order valence-corrected chi connectivity index (χ2v) is 6.79. The highest BCUT2D eigenvalue weighted by Crippen LogP contribution is 2.29. The minimum atomic E-state index is -0.125. The topological polar surface area (TPSA) is 35.9 Å². The van der Waals surface area contributed by atoms with Crippen LogP contribution in [0, 0.1) is 0 Å². The molecule has 0 radical (unpaired) electrons. The quantitative estimate of drug-likeness (QED) is 0.633. The fourth-order valence-electron chi connectivity index (χ4n) is 3.14. The number of carbonyl (C=O) groups excluding carboxylic acids is 1. The van der Waals surface area contributed by atoms with E-state index in [1.165, 1.54) is 0 Å². The van der Waals surface area contributed by atoms with E-state index in [2.05, 4.69) is 0 Å². The van der Waals surface area contributed by atoms with Crippen LogP contribution < -0.4 is 9.80 Å². The fourth-order valence-corrected chi connectivity index (χ4v) is 3.14. The van der Waals surface area contributed by atoms with Crippen molar-refractivity contribution in [3.8, 4) is 0 Å². The van der Waals surface area contributed by atoms with Gasteiger partial charge in [-0.15, -0.1) is 0 Å². The smallest absolute Gasteiger partial charge is 0.282 e. The Bertz CT molecular complexity index is 1040. The Morgan fingerprint density at radius 2 is 1.43 bits per heavy atom. The lowest BCUT2D eigenvalue weighted by Gasteiger charge is -2.20. The van der Waals surface area contributed by atoms with Gasteiger partial charge >= 0.3 is 0 Å². The molecule has 4 heteroatoms. The molecule has 4 nitrogen and oxygen atoms in total. The van der Waals surface area contributed by atoms with E-state index in [1.54, 1.807) is 4.90 Å². The third-order valence-electron chi connectivity index (χ3n) is 4.62. The van der Waals surface area contributed by atoms with Crippen molar-refractivity contribution < 1.29 is 4.79 Å². The maximum atomic E-state index is 13.2. The standard InChI is InChI=1S/C24H21N3O/c1-26(2)20-13-15-21(16-14-20)27-23(19-11-7-4-8-12-19)25-22(24(27)28)17-18-9-5-3-6-10-18/h3-17H,1-2H3/b22-17-. The molecule has 1 aliphatic rings. The van der Waals surface area contributed by atoms with E-state index in [1.807, 2.05) is 110 Å². The van der Waals surface area contributed by atoms with Gasteiger partial charge < -0.3 is 4.90 Å². The first-order valence-electron chi connectivity index (χ1n) is 9.16. The molecule has 0 N–H and O–H groups in total. The Labute approximate surface area is 165 Å². The molecular formula is C24H21N3O. The number of rotatable bonds is 4. The van der Waals surface area contributed by atoms with E-state index in [0.29, 0.717) is 11.5 Å². The number of hydrogen-bond acceptors (Lipinski definition) is 3. The average molecular weight is 367 g/mol. The molecule has 0 saturated heterocycles. The van der Waals surface area contributed by atoms with Crippen LogP contribution in [0.5, 0.6) is 0 Å². The molecular weight excluding hydrogens is 346 g/mol. The predicted octanol–water partition coefficient (Wildman–Crippen LogP) is 4.59. The van der Waals surface area contributed by atoms with Crippen molar-refractivity contribution in [2.24, 2.45) is 4.99 Å². The van der Waals surface area contributed by atoms with Crippen molar-refractivity contribution in [3.05, 3.63) is 102 Å². The lowest BCUT2D eigenvalue weighted by molar-refractivity contribution is -0.113. The molecule has 1 heterocycles. The van der Waals surface area contributed by atoms with E-state index in [0.717, 1.165) is 22.5 Å². The molecule has 0 aromatic heterocycles. The van der Waals surface area contributed by atoms with Gasteiger partial charge in [0, 0.05) is 25.3 Å². The van der Waals surface area contributed by atoms with Crippen LogP contribution in [0.4, 0.5) is 11.4 Å². The number of nitrogens with zero attached hydrogens (tertiary/aromatic N) is 3. The summed E-state index contributed by atoms with van der Waals surface area (Å²) in [6.07, 6.45) is 1.83. The van der Waals surface area contributed by atoms with Crippen LogP contribution in [-0.2, 0) is 4.79 Å². The first kappa shape index (κ1) is 17.7. The maximum absolute atomic E-state index is 13.2. The number of anilines is 2. The molecule has 0 spiro atoms. The van der Waals surface area contributed by atoms with Crippen molar-refractivity contribution in [2.75, 3.05) is 23.9 Å². The Morgan fingerprint density at radius 1 is 0.821 bits per heavy atom. The van der Waals surface area contributed by atoms with Gasteiger partial charge in [0.25, 0.3) is 5.91 Å². The average Bonchev–Trinajstić information content (AvgIpc) is 3.05. The van der Waals surface area contributed by atoms with Crippen molar-refractivity contribution in [2.45, 2.75) is 0 Å². The minimum absolute atomic E-state index is 0.125. The molecule has 28 heavy (non-hydrogen) atoms. The monoisotopic (exact) mass is 367 g/mol. The Hall–Kier alpha value is -3.66. The third kappa shape index (κ3) is 3.45. The van der Waals surface area contributed by atoms with Gasteiger partial charge in [0.15, 0.2) is 0 Å². The van der Waals surface area contributed by atoms with Gasteiger partial charge in [-0.05, 0) is 35.9 Å². The molecule has 0 bridgehead atoms. The lowest BCUT2D eigenvalue weighted by atomic mass is 10.1. The van der Waals surface area contributed by atoms with E-state index < -0.39 is 0 Å². The zero-order valence-corrected chi connectivity index (χ0v) is 15.9. The van der Waals surface area contributed by atoms with Crippen LogP contribution in [0.15, 0.2) is 95.6 Å². The van der Waals surface area contributed by atoms with Gasteiger partial charge in [0.2, 0.25) is 0 Å². The van der Waals surface area contributed by atoms with E-state index in [4.69, 9.17) is 4.99 Å². The van der Waals surface area contributed by atoms with E-state index in [-0.39, 0.29) is 5.91 Å².